The van der Waals surface area contributed by atoms with Gasteiger partial charge in [0.15, 0.2) is 0 Å². The minimum absolute atomic E-state index is 0.307. The molecular weight excluding hydrogens is 562 g/mol. The van der Waals surface area contributed by atoms with E-state index in [1.165, 1.54) is 18.2 Å². The molecule has 238 valence electrons. The second-order valence-corrected chi connectivity index (χ2v) is 11.4. The first-order valence-electron chi connectivity index (χ1n) is 16.1. The quantitative estimate of drug-likeness (QED) is 0.0815. The van der Waals surface area contributed by atoms with Crippen molar-refractivity contribution in [3.63, 3.8) is 0 Å². The number of hydrogen-bond donors (Lipinski definition) is 1. The van der Waals surface area contributed by atoms with Gasteiger partial charge in [-0.15, -0.1) is 0 Å². The summed E-state index contributed by atoms with van der Waals surface area (Å²) >= 11 is 0. The molecule has 0 aliphatic carbocycles. The Morgan fingerprint density at radius 1 is 0.733 bits per heavy atom. The van der Waals surface area contributed by atoms with E-state index in [1.54, 1.807) is 12.1 Å². The number of benzene rings is 4. The summed E-state index contributed by atoms with van der Waals surface area (Å²) in [6, 6.07) is 35.9. The fourth-order valence-electron chi connectivity index (χ4n) is 5.33. The van der Waals surface area contributed by atoms with E-state index in [0.717, 1.165) is 70.4 Å². The number of unbranched alkanes of at least 4 members (excludes halogenated alkanes) is 3. The molecule has 0 saturated heterocycles. The summed E-state index contributed by atoms with van der Waals surface area (Å²) in [5.41, 5.74) is 4.53. The maximum atomic E-state index is 12.6. The molecule has 0 saturated carbocycles. The summed E-state index contributed by atoms with van der Waals surface area (Å²) in [7, 11) is 1.35. The first-order chi connectivity index (χ1) is 22.1. The number of ether oxygens (including phenoxy) is 3. The molecule has 0 amide bonds. The molecule has 0 aliphatic heterocycles. The second kappa shape index (κ2) is 19.4. The molecule has 0 heterocycles. The topological polar surface area (TPSA) is 68.2 Å². The van der Waals surface area contributed by atoms with Crippen molar-refractivity contribution in [2.45, 2.75) is 57.8 Å². The number of rotatable bonds is 20. The van der Waals surface area contributed by atoms with Gasteiger partial charge in [-0.05, 0) is 66.6 Å². The molecule has 6 heteroatoms. The van der Waals surface area contributed by atoms with Gasteiger partial charge in [0.2, 0.25) is 0 Å². The number of aliphatic hydroxyl groups excluding tert-OH is 1. The smallest absolute Gasteiger partial charge is 0.341 e. The predicted octanol–water partition coefficient (Wildman–Crippen LogP) is 7.80. The molecule has 0 aromatic heterocycles. The Hall–Kier alpha value is -3.97. The van der Waals surface area contributed by atoms with Crippen LogP contribution in [-0.4, -0.2) is 49.4 Å². The van der Waals surface area contributed by atoms with Crippen molar-refractivity contribution in [1.29, 1.82) is 0 Å². The van der Waals surface area contributed by atoms with Gasteiger partial charge in [0, 0.05) is 26.3 Å². The third kappa shape index (κ3) is 12.1. The minimum Gasteiger partial charge on any atom is -0.488 e. The third-order valence-electron chi connectivity index (χ3n) is 7.82. The highest BCUT2D eigenvalue weighted by Crippen LogP contribution is 2.26. The van der Waals surface area contributed by atoms with Crippen LogP contribution in [0.4, 0.5) is 0 Å². The highest BCUT2D eigenvalue weighted by atomic mass is 16.5. The van der Waals surface area contributed by atoms with Gasteiger partial charge < -0.3 is 19.3 Å². The average Bonchev–Trinajstić information content (AvgIpc) is 3.09. The predicted molar refractivity (Wildman–Crippen MR) is 179 cm³/mol. The van der Waals surface area contributed by atoms with Gasteiger partial charge >= 0.3 is 5.97 Å². The van der Waals surface area contributed by atoms with Crippen molar-refractivity contribution < 1.29 is 24.1 Å². The Bertz CT molecular complexity index is 1380. The number of carbonyl (C=O) groups is 1. The lowest BCUT2D eigenvalue weighted by molar-refractivity contribution is 0.0594. The van der Waals surface area contributed by atoms with Crippen LogP contribution in [0.3, 0.4) is 0 Å². The van der Waals surface area contributed by atoms with E-state index in [9.17, 15) is 9.90 Å². The lowest BCUT2D eigenvalue weighted by Gasteiger charge is -2.26. The van der Waals surface area contributed by atoms with E-state index >= 15 is 0 Å². The first kappa shape index (κ1) is 33.9. The molecule has 1 N–H and O–H groups in total. The molecular formula is C39H47NO5. The van der Waals surface area contributed by atoms with E-state index in [0.29, 0.717) is 30.0 Å². The Balaban J connectivity index is 1.26. The number of aliphatic hydroxyl groups is 1. The van der Waals surface area contributed by atoms with Gasteiger partial charge in [0.05, 0.1) is 13.2 Å². The van der Waals surface area contributed by atoms with Crippen LogP contribution in [0.2, 0.25) is 0 Å². The molecule has 1 atom stereocenters. The molecule has 0 spiro atoms. The molecule has 4 aromatic carbocycles. The summed E-state index contributed by atoms with van der Waals surface area (Å²) < 4.78 is 16.9. The monoisotopic (exact) mass is 609 g/mol. The van der Waals surface area contributed by atoms with Crippen LogP contribution in [0.15, 0.2) is 109 Å². The van der Waals surface area contributed by atoms with Crippen molar-refractivity contribution in [1.82, 2.24) is 4.90 Å². The summed E-state index contributed by atoms with van der Waals surface area (Å²) in [6.45, 7) is 3.99. The largest absolute Gasteiger partial charge is 0.488 e. The molecule has 0 aliphatic rings. The van der Waals surface area contributed by atoms with Gasteiger partial charge in [-0.3, -0.25) is 4.90 Å². The van der Waals surface area contributed by atoms with Crippen LogP contribution in [-0.2, 0) is 29.0 Å². The van der Waals surface area contributed by atoms with Crippen LogP contribution < -0.4 is 4.74 Å². The van der Waals surface area contributed by atoms with Crippen LogP contribution in [0.5, 0.6) is 5.75 Å². The van der Waals surface area contributed by atoms with Crippen LogP contribution in [0.1, 0.15) is 70.8 Å². The summed E-state index contributed by atoms with van der Waals surface area (Å²) in [5.74, 6) is -0.0589. The van der Waals surface area contributed by atoms with E-state index in [1.807, 2.05) is 60.7 Å². The number of nitrogens with zero attached hydrogens (tertiary/aromatic N) is 1. The SMILES string of the molecule is COC(=O)c1cc([C@@H](O)CN(CCCCCCOCCCc2ccccc2)Cc2ccccc2)ccc1OCc1ccccc1. The summed E-state index contributed by atoms with van der Waals surface area (Å²) in [4.78, 5) is 14.9. The fourth-order valence-corrected chi connectivity index (χ4v) is 5.33. The van der Waals surface area contributed by atoms with E-state index in [2.05, 4.69) is 41.3 Å². The Labute approximate surface area is 268 Å². The zero-order valence-electron chi connectivity index (χ0n) is 26.5. The molecule has 0 unspecified atom stereocenters. The Morgan fingerprint density at radius 3 is 2.04 bits per heavy atom. The van der Waals surface area contributed by atoms with Crippen molar-refractivity contribution >= 4 is 5.97 Å². The number of esters is 1. The van der Waals surface area contributed by atoms with Gasteiger partial charge in [0.1, 0.15) is 17.9 Å². The van der Waals surface area contributed by atoms with E-state index < -0.39 is 12.1 Å². The van der Waals surface area contributed by atoms with Crippen molar-refractivity contribution in [2.24, 2.45) is 0 Å². The first-order valence-corrected chi connectivity index (χ1v) is 16.1. The van der Waals surface area contributed by atoms with Gasteiger partial charge in [-0.25, -0.2) is 4.79 Å². The lowest BCUT2D eigenvalue weighted by Crippen LogP contribution is -2.29. The number of methoxy groups -OCH3 is 1. The molecule has 6 nitrogen and oxygen atoms in total. The number of carbonyl (C=O) groups excluding carboxylic acids is 1. The molecule has 0 radical (unpaired) electrons. The van der Waals surface area contributed by atoms with Crippen molar-refractivity contribution in [3.05, 3.63) is 137 Å². The third-order valence-corrected chi connectivity index (χ3v) is 7.82. The van der Waals surface area contributed by atoms with E-state index in [4.69, 9.17) is 14.2 Å². The zero-order chi connectivity index (χ0) is 31.5. The highest BCUT2D eigenvalue weighted by molar-refractivity contribution is 5.92. The zero-order valence-corrected chi connectivity index (χ0v) is 26.5. The second-order valence-electron chi connectivity index (χ2n) is 11.4. The Morgan fingerprint density at radius 2 is 1.36 bits per heavy atom. The summed E-state index contributed by atoms with van der Waals surface area (Å²) in [5, 5.41) is 11.3. The number of aryl methyl sites for hydroxylation is 1. The summed E-state index contributed by atoms with van der Waals surface area (Å²) in [6.07, 6.45) is 5.65. The van der Waals surface area contributed by atoms with Gasteiger partial charge in [0.25, 0.3) is 0 Å². The maximum absolute atomic E-state index is 12.6. The van der Waals surface area contributed by atoms with Crippen molar-refractivity contribution in [2.75, 3.05) is 33.4 Å². The normalized spacial score (nSPS) is 11.8. The van der Waals surface area contributed by atoms with Crippen LogP contribution in [0.25, 0.3) is 0 Å². The van der Waals surface area contributed by atoms with Crippen LogP contribution in [0, 0.1) is 0 Å². The number of hydrogen-bond acceptors (Lipinski definition) is 6. The van der Waals surface area contributed by atoms with Gasteiger partial charge in [-0.1, -0.05) is 110 Å². The molecule has 4 aromatic rings. The molecule has 0 bridgehead atoms. The fraction of sp³-hybridized carbons (Fsp3) is 0.359. The lowest BCUT2D eigenvalue weighted by atomic mass is 10.0. The maximum Gasteiger partial charge on any atom is 0.341 e. The molecule has 4 rings (SSSR count). The standard InChI is InChI=1S/C39H47NO5/c1-43-39(42)36-28-35(23-24-38(36)45-31-34-20-11-6-12-21-34)37(41)30-40(29-33-18-9-5-10-19-33)25-13-2-3-14-26-44-27-15-22-32-16-7-4-8-17-32/h4-12,16-21,23-24,28,37,41H,2-3,13-15,22,25-27,29-31H2,1H3/t37-/m0/s1. The molecule has 45 heavy (non-hydrogen) atoms. The van der Waals surface area contributed by atoms with Gasteiger partial charge in [-0.2, -0.15) is 0 Å². The Kier molecular flexibility index (Phi) is 14.6. The van der Waals surface area contributed by atoms with Crippen molar-refractivity contribution in [3.8, 4) is 5.75 Å². The molecule has 0 fully saturated rings. The van der Waals surface area contributed by atoms with Crippen LogP contribution >= 0.6 is 0 Å². The van der Waals surface area contributed by atoms with E-state index in [-0.39, 0.29) is 0 Å². The highest BCUT2D eigenvalue weighted by Gasteiger charge is 2.20. The minimum atomic E-state index is -0.774. The average molecular weight is 610 g/mol.